The number of carbonyl (C=O) groups excluding carboxylic acids is 1. The Labute approximate surface area is 232 Å². The quantitative estimate of drug-likeness (QED) is 0.251. The molecular weight excluding hydrogens is 485 g/mol. The SMILES string of the molecule is C=C(C1CCN(C(=O)c2ccnc(C)c2/C=C\CCCC)CC1)N(Cc1cccc(F)c1)c1ccccc1C. The van der Waals surface area contributed by atoms with Gasteiger partial charge in [-0.2, -0.15) is 0 Å². The van der Waals surface area contributed by atoms with Crippen molar-refractivity contribution in [2.75, 3.05) is 18.0 Å². The van der Waals surface area contributed by atoms with Crippen LogP contribution in [0.3, 0.4) is 0 Å². The predicted octanol–water partition coefficient (Wildman–Crippen LogP) is 8.11. The molecule has 3 aromatic rings. The number of allylic oxidation sites excluding steroid dienone is 2. The fraction of sp³-hybridized carbons (Fsp3) is 0.353. The number of anilines is 1. The summed E-state index contributed by atoms with van der Waals surface area (Å²) in [5.41, 5.74) is 6.67. The van der Waals surface area contributed by atoms with E-state index >= 15 is 0 Å². The highest BCUT2D eigenvalue weighted by Crippen LogP contribution is 2.33. The number of halogens is 1. The third kappa shape index (κ3) is 7.03. The van der Waals surface area contributed by atoms with Crippen molar-refractivity contribution in [2.24, 2.45) is 5.92 Å². The molecular formula is C34H40FN3O. The van der Waals surface area contributed by atoms with Crippen LogP contribution in [0.1, 0.15) is 71.8 Å². The molecule has 0 aliphatic carbocycles. The Morgan fingerprint density at radius 3 is 2.62 bits per heavy atom. The van der Waals surface area contributed by atoms with Gasteiger partial charge >= 0.3 is 0 Å². The first-order valence-corrected chi connectivity index (χ1v) is 14.1. The highest BCUT2D eigenvalue weighted by molar-refractivity contribution is 5.98. The Kier molecular flexibility index (Phi) is 9.69. The van der Waals surface area contributed by atoms with Crippen molar-refractivity contribution >= 4 is 17.7 Å². The number of pyridine rings is 1. The molecule has 5 heteroatoms. The molecule has 1 aliphatic rings. The molecule has 1 aromatic heterocycles. The van der Waals surface area contributed by atoms with Gasteiger partial charge in [-0.05, 0) is 68.5 Å². The van der Waals surface area contributed by atoms with Crippen LogP contribution in [-0.2, 0) is 6.54 Å². The van der Waals surface area contributed by atoms with Gasteiger partial charge in [0.1, 0.15) is 5.82 Å². The molecule has 4 rings (SSSR count). The average Bonchev–Trinajstić information content (AvgIpc) is 2.94. The van der Waals surface area contributed by atoms with Crippen molar-refractivity contribution < 1.29 is 9.18 Å². The van der Waals surface area contributed by atoms with E-state index in [1.54, 1.807) is 18.3 Å². The van der Waals surface area contributed by atoms with E-state index in [2.05, 4.69) is 54.6 Å². The van der Waals surface area contributed by atoms with Crippen molar-refractivity contribution in [3.8, 4) is 0 Å². The standard InChI is InChI=1S/C34H40FN3O/c1-5-6-7-8-15-31-26(3)36-20-17-32(31)34(39)37-21-18-29(19-22-37)27(4)38(33-16-10-9-12-25(33)2)24-28-13-11-14-30(35)23-28/h8-17,20,23,29H,4-7,18-19,21-22,24H2,1-3H3/b15-8-. The Bertz CT molecular complexity index is 1320. The summed E-state index contributed by atoms with van der Waals surface area (Å²) in [4.78, 5) is 22.2. The number of benzene rings is 2. The molecule has 1 saturated heterocycles. The van der Waals surface area contributed by atoms with E-state index in [9.17, 15) is 9.18 Å². The lowest BCUT2D eigenvalue weighted by atomic mass is 9.91. The van der Waals surface area contributed by atoms with Gasteiger partial charge < -0.3 is 9.80 Å². The van der Waals surface area contributed by atoms with Crippen molar-refractivity contribution in [1.29, 1.82) is 0 Å². The Morgan fingerprint density at radius 1 is 1.13 bits per heavy atom. The number of piperidine rings is 1. The third-order valence-electron chi connectivity index (χ3n) is 7.66. The second-order valence-corrected chi connectivity index (χ2v) is 10.5. The third-order valence-corrected chi connectivity index (χ3v) is 7.66. The van der Waals surface area contributed by atoms with Crippen LogP contribution >= 0.6 is 0 Å². The van der Waals surface area contributed by atoms with Crippen molar-refractivity contribution in [1.82, 2.24) is 9.88 Å². The average molecular weight is 526 g/mol. The van der Waals surface area contributed by atoms with Crippen molar-refractivity contribution in [3.05, 3.63) is 113 Å². The number of aromatic nitrogens is 1. The molecule has 0 spiro atoms. The first-order valence-electron chi connectivity index (χ1n) is 14.1. The molecule has 1 amide bonds. The van der Waals surface area contributed by atoms with Crippen LogP contribution in [0.15, 0.2) is 79.1 Å². The van der Waals surface area contributed by atoms with Gasteiger partial charge in [0.05, 0.1) is 5.56 Å². The predicted molar refractivity (Wildman–Crippen MR) is 159 cm³/mol. The molecule has 0 unspecified atom stereocenters. The van der Waals surface area contributed by atoms with Crippen LogP contribution in [0.2, 0.25) is 0 Å². The van der Waals surface area contributed by atoms with Crippen LogP contribution in [0.5, 0.6) is 0 Å². The Morgan fingerprint density at radius 2 is 1.90 bits per heavy atom. The van der Waals surface area contributed by atoms with Crippen LogP contribution < -0.4 is 4.90 Å². The van der Waals surface area contributed by atoms with E-state index in [1.165, 1.54) is 6.07 Å². The summed E-state index contributed by atoms with van der Waals surface area (Å²) < 4.78 is 14.0. The number of unbranched alkanes of at least 4 members (excludes halogenated alkanes) is 2. The van der Waals surface area contributed by atoms with Crippen molar-refractivity contribution in [2.45, 2.75) is 59.4 Å². The highest BCUT2D eigenvalue weighted by Gasteiger charge is 2.29. The summed E-state index contributed by atoms with van der Waals surface area (Å²) in [5.74, 6) is 0.0608. The number of nitrogens with zero attached hydrogens (tertiary/aromatic N) is 3. The van der Waals surface area contributed by atoms with Gasteiger partial charge in [0, 0.05) is 54.4 Å². The molecule has 1 aliphatic heterocycles. The lowest BCUT2D eigenvalue weighted by molar-refractivity contribution is 0.0701. The van der Waals surface area contributed by atoms with Gasteiger partial charge in [0.15, 0.2) is 0 Å². The molecule has 0 saturated carbocycles. The maximum atomic E-state index is 14.0. The zero-order chi connectivity index (χ0) is 27.8. The molecule has 0 N–H and O–H groups in total. The minimum atomic E-state index is -0.236. The topological polar surface area (TPSA) is 36.4 Å². The Hall–Kier alpha value is -3.73. The van der Waals surface area contributed by atoms with E-state index in [4.69, 9.17) is 0 Å². The summed E-state index contributed by atoms with van der Waals surface area (Å²) in [7, 11) is 0. The fourth-order valence-electron chi connectivity index (χ4n) is 5.33. The van der Waals surface area contributed by atoms with Gasteiger partial charge in [0.2, 0.25) is 0 Å². The van der Waals surface area contributed by atoms with E-state index in [0.29, 0.717) is 19.6 Å². The number of carbonyl (C=O) groups is 1. The second-order valence-electron chi connectivity index (χ2n) is 10.5. The van der Waals surface area contributed by atoms with Crippen LogP contribution in [0, 0.1) is 25.6 Å². The van der Waals surface area contributed by atoms with E-state index in [0.717, 1.165) is 71.4 Å². The summed E-state index contributed by atoms with van der Waals surface area (Å²) >= 11 is 0. The molecule has 0 radical (unpaired) electrons. The normalized spacial score (nSPS) is 14.1. The number of hydrogen-bond acceptors (Lipinski definition) is 3. The lowest BCUT2D eigenvalue weighted by Gasteiger charge is -2.38. The number of aryl methyl sites for hydroxylation is 2. The smallest absolute Gasteiger partial charge is 0.254 e. The maximum absolute atomic E-state index is 14.0. The first-order chi connectivity index (χ1) is 18.9. The zero-order valence-corrected chi connectivity index (χ0v) is 23.5. The highest BCUT2D eigenvalue weighted by atomic mass is 19.1. The maximum Gasteiger partial charge on any atom is 0.254 e. The first kappa shape index (κ1) is 28.3. The Balaban J connectivity index is 1.49. The van der Waals surface area contributed by atoms with Gasteiger partial charge in [-0.3, -0.25) is 9.78 Å². The van der Waals surface area contributed by atoms with Crippen LogP contribution in [-0.4, -0.2) is 28.9 Å². The van der Waals surface area contributed by atoms with Crippen LogP contribution in [0.4, 0.5) is 10.1 Å². The minimum absolute atomic E-state index is 0.0650. The van der Waals surface area contributed by atoms with E-state index in [1.807, 2.05) is 36.1 Å². The van der Waals surface area contributed by atoms with Gasteiger partial charge in [0.25, 0.3) is 5.91 Å². The largest absolute Gasteiger partial charge is 0.341 e. The van der Waals surface area contributed by atoms with Gasteiger partial charge in [-0.15, -0.1) is 0 Å². The van der Waals surface area contributed by atoms with Crippen LogP contribution in [0.25, 0.3) is 6.08 Å². The summed E-state index contributed by atoms with van der Waals surface area (Å²) in [5, 5.41) is 0. The molecule has 1 fully saturated rings. The van der Waals surface area contributed by atoms with E-state index < -0.39 is 0 Å². The molecule has 204 valence electrons. The number of likely N-dealkylation sites (tertiary alicyclic amines) is 1. The lowest BCUT2D eigenvalue weighted by Crippen LogP contribution is -2.41. The molecule has 0 bridgehead atoms. The summed E-state index contributed by atoms with van der Waals surface area (Å²) in [6.45, 7) is 12.7. The molecule has 39 heavy (non-hydrogen) atoms. The summed E-state index contributed by atoms with van der Waals surface area (Å²) in [6, 6.07) is 16.9. The number of para-hydroxylation sites is 1. The zero-order valence-electron chi connectivity index (χ0n) is 23.5. The molecule has 2 aromatic carbocycles. The van der Waals surface area contributed by atoms with Gasteiger partial charge in [-0.25, -0.2) is 4.39 Å². The van der Waals surface area contributed by atoms with Crippen molar-refractivity contribution in [3.63, 3.8) is 0 Å². The molecule has 0 atom stereocenters. The fourth-order valence-corrected chi connectivity index (χ4v) is 5.33. The van der Waals surface area contributed by atoms with Gasteiger partial charge in [-0.1, -0.05) is 68.8 Å². The number of amides is 1. The number of rotatable bonds is 10. The second kappa shape index (κ2) is 13.4. The number of hydrogen-bond donors (Lipinski definition) is 0. The van der Waals surface area contributed by atoms with E-state index in [-0.39, 0.29) is 17.6 Å². The minimum Gasteiger partial charge on any atom is -0.341 e. The monoisotopic (exact) mass is 525 g/mol. The molecule has 2 heterocycles. The summed E-state index contributed by atoms with van der Waals surface area (Å²) in [6.07, 6.45) is 10.9. The molecule has 4 nitrogen and oxygen atoms in total.